The zero-order chi connectivity index (χ0) is 20.7. The van der Waals surface area contributed by atoms with E-state index in [0.29, 0.717) is 22.8 Å². The normalized spacial score (nSPS) is 20.9. The van der Waals surface area contributed by atoms with Gasteiger partial charge >= 0.3 is 12.1 Å². The highest BCUT2D eigenvalue weighted by molar-refractivity contribution is 6.14. The van der Waals surface area contributed by atoms with Crippen LogP contribution in [0.15, 0.2) is 12.1 Å². The van der Waals surface area contributed by atoms with Crippen LogP contribution in [-0.2, 0) is 24.5 Å². The third-order valence-electron chi connectivity index (χ3n) is 4.62. The zero-order valence-corrected chi connectivity index (χ0v) is 16.5. The van der Waals surface area contributed by atoms with E-state index >= 15 is 0 Å². The van der Waals surface area contributed by atoms with E-state index in [-0.39, 0.29) is 19.8 Å². The molecule has 0 N–H and O–H groups in total. The van der Waals surface area contributed by atoms with Crippen molar-refractivity contribution in [1.29, 1.82) is 0 Å². The minimum absolute atomic E-state index is 0.00164. The molecule has 9 nitrogen and oxygen atoms in total. The average Bonchev–Trinajstić information content (AvgIpc) is 3.23. The second-order valence-electron chi connectivity index (χ2n) is 7.50. The van der Waals surface area contributed by atoms with Gasteiger partial charge in [-0.05, 0) is 44.9 Å². The molecule has 2 aliphatic heterocycles. The molecular weight excluding hydrogens is 370 g/mol. The first kappa shape index (κ1) is 19.8. The number of rotatable bonds is 3. The summed E-state index contributed by atoms with van der Waals surface area (Å²) in [6, 6.07) is 3.07. The summed E-state index contributed by atoms with van der Waals surface area (Å²) in [6.07, 6.45) is -0.767. The summed E-state index contributed by atoms with van der Waals surface area (Å²) < 4.78 is 26.3. The molecule has 1 atom stereocenters. The molecule has 9 heteroatoms. The van der Waals surface area contributed by atoms with Crippen molar-refractivity contribution in [3.8, 4) is 17.2 Å². The maximum atomic E-state index is 13.3. The van der Waals surface area contributed by atoms with Crippen LogP contribution in [0.25, 0.3) is 0 Å². The molecule has 2 heterocycles. The number of esters is 1. The summed E-state index contributed by atoms with van der Waals surface area (Å²) >= 11 is 0. The fraction of sp³-hybridized carbons (Fsp3) is 0.526. The first-order valence-electron chi connectivity index (χ1n) is 8.75. The maximum Gasteiger partial charge on any atom is 0.417 e. The summed E-state index contributed by atoms with van der Waals surface area (Å²) in [5.41, 5.74) is -2.19. The van der Waals surface area contributed by atoms with Crippen molar-refractivity contribution in [2.45, 2.75) is 38.2 Å². The fourth-order valence-corrected chi connectivity index (χ4v) is 3.33. The van der Waals surface area contributed by atoms with Gasteiger partial charge in [0.15, 0.2) is 16.9 Å². The lowest BCUT2D eigenvalue weighted by atomic mass is 9.78. The van der Waals surface area contributed by atoms with Gasteiger partial charge in [-0.1, -0.05) is 0 Å². The summed E-state index contributed by atoms with van der Waals surface area (Å²) in [5.74, 6) is -0.433. The highest BCUT2D eigenvalue weighted by atomic mass is 16.7. The maximum absolute atomic E-state index is 13.3. The van der Waals surface area contributed by atoms with E-state index in [0.717, 1.165) is 4.90 Å². The minimum Gasteiger partial charge on any atom is -0.493 e. The van der Waals surface area contributed by atoms with Gasteiger partial charge in [-0.25, -0.2) is 9.69 Å². The van der Waals surface area contributed by atoms with Crippen LogP contribution < -0.4 is 14.2 Å². The smallest absolute Gasteiger partial charge is 0.417 e. The van der Waals surface area contributed by atoms with Gasteiger partial charge < -0.3 is 23.7 Å². The van der Waals surface area contributed by atoms with Crippen molar-refractivity contribution in [2.24, 2.45) is 0 Å². The van der Waals surface area contributed by atoms with Crippen LogP contribution in [0.1, 0.15) is 32.8 Å². The van der Waals surface area contributed by atoms with Gasteiger partial charge in [0.1, 0.15) is 5.60 Å². The molecule has 0 radical (unpaired) electrons. The van der Waals surface area contributed by atoms with E-state index in [1.54, 1.807) is 20.8 Å². The second kappa shape index (κ2) is 6.88. The second-order valence-corrected chi connectivity index (χ2v) is 7.50. The van der Waals surface area contributed by atoms with Gasteiger partial charge in [0, 0.05) is 6.54 Å². The Bertz CT molecular complexity index is 828. The van der Waals surface area contributed by atoms with E-state index < -0.39 is 29.0 Å². The lowest BCUT2D eigenvalue weighted by Gasteiger charge is -2.27. The van der Waals surface area contributed by atoms with Crippen molar-refractivity contribution in [3.63, 3.8) is 0 Å². The molecule has 2 aliphatic rings. The van der Waals surface area contributed by atoms with Crippen LogP contribution >= 0.6 is 0 Å². The number of amides is 2. The SMILES string of the molecule is COC(=O)C1(c2cc(OC)c3c(c2)OCO3)CCN(C(=O)OC(C)(C)C)C1=O. The molecule has 1 fully saturated rings. The number of carbonyl (C=O) groups is 3. The molecule has 152 valence electrons. The molecule has 1 aromatic carbocycles. The Labute approximate surface area is 162 Å². The number of nitrogens with zero attached hydrogens (tertiary/aromatic N) is 1. The van der Waals surface area contributed by atoms with E-state index in [2.05, 4.69) is 0 Å². The molecule has 0 saturated carbocycles. The summed E-state index contributed by atoms with van der Waals surface area (Å²) in [7, 11) is 2.63. The van der Waals surface area contributed by atoms with E-state index in [9.17, 15) is 14.4 Å². The van der Waals surface area contributed by atoms with Gasteiger partial charge in [0.25, 0.3) is 5.91 Å². The highest BCUT2D eigenvalue weighted by Crippen LogP contribution is 2.47. The number of benzene rings is 1. The fourth-order valence-electron chi connectivity index (χ4n) is 3.33. The number of fused-ring (bicyclic) bond motifs is 1. The Balaban J connectivity index is 2.05. The average molecular weight is 393 g/mol. The molecule has 0 aromatic heterocycles. The molecule has 1 aromatic rings. The monoisotopic (exact) mass is 393 g/mol. The van der Waals surface area contributed by atoms with Gasteiger partial charge in [-0.15, -0.1) is 0 Å². The third-order valence-corrected chi connectivity index (χ3v) is 4.62. The van der Waals surface area contributed by atoms with Crippen molar-refractivity contribution in [3.05, 3.63) is 17.7 Å². The predicted molar refractivity (Wildman–Crippen MR) is 95.4 cm³/mol. The van der Waals surface area contributed by atoms with Crippen LogP contribution in [0.3, 0.4) is 0 Å². The molecule has 1 unspecified atom stereocenters. The Morgan fingerprint density at radius 2 is 1.89 bits per heavy atom. The lowest BCUT2D eigenvalue weighted by Crippen LogP contribution is -2.47. The standard InChI is InChI=1S/C19H23NO8/c1-18(2,3)28-17(23)20-7-6-19(15(20)21,16(22)25-5)11-8-12(24-4)14-13(9-11)26-10-27-14/h8-9H,6-7,10H2,1-5H3. The highest BCUT2D eigenvalue weighted by Gasteiger charge is 2.57. The van der Waals surface area contributed by atoms with Crippen LogP contribution in [0.5, 0.6) is 17.2 Å². The molecule has 2 amide bonds. The van der Waals surface area contributed by atoms with E-state index in [1.165, 1.54) is 26.4 Å². The van der Waals surface area contributed by atoms with E-state index in [4.69, 9.17) is 23.7 Å². The van der Waals surface area contributed by atoms with Crippen LogP contribution in [0.2, 0.25) is 0 Å². The van der Waals surface area contributed by atoms with Crippen LogP contribution in [-0.4, -0.2) is 56.0 Å². The number of methoxy groups -OCH3 is 2. The zero-order valence-electron chi connectivity index (χ0n) is 16.5. The predicted octanol–water partition coefficient (Wildman–Crippen LogP) is 2.00. The quantitative estimate of drug-likeness (QED) is 0.568. The molecule has 0 aliphatic carbocycles. The largest absolute Gasteiger partial charge is 0.493 e. The summed E-state index contributed by atoms with van der Waals surface area (Å²) in [5, 5.41) is 0. The number of hydrogen-bond donors (Lipinski definition) is 0. The number of carbonyl (C=O) groups excluding carboxylic acids is 3. The minimum atomic E-state index is -1.71. The summed E-state index contributed by atoms with van der Waals surface area (Å²) in [4.78, 5) is 39.4. The Morgan fingerprint density at radius 1 is 1.18 bits per heavy atom. The molecule has 0 spiro atoms. The topological polar surface area (TPSA) is 101 Å². The van der Waals surface area contributed by atoms with Crippen LogP contribution in [0, 0.1) is 0 Å². The Hall–Kier alpha value is -2.97. The third kappa shape index (κ3) is 3.10. The van der Waals surface area contributed by atoms with Crippen molar-refractivity contribution in [2.75, 3.05) is 27.6 Å². The Kier molecular flexibility index (Phi) is 4.86. The van der Waals surface area contributed by atoms with E-state index in [1.807, 2.05) is 0 Å². The number of likely N-dealkylation sites (tertiary alicyclic amines) is 1. The number of ether oxygens (including phenoxy) is 5. The summed E-state index contributed by atoms with van der Waals surface area (Å²) in [6.45, 7) is 5.10. The Morgan fingerprint density at radius 3 is 2.50 bits per heavy atom. The first-order chi connectivity index (χ1) is 13.1. The van der Waals surface area contributed by atoms with Gasteiger partial charge in [0.05, 0.1) is 14.2 Å². The first-order valence-corrected chi connectivity index (χ1v) is 8.75. The molecular formula is C19H23NO8. The van der Waals surface area contributed by atoms with Crippen molar-refractivity contribution < 1.29 is 38.1 Å². The van der Waals surface area contributed by atoms with Crippen molar-refractivity contribution in [1.82, 2.24) is 4.90 Å². The number of hydrogen-bond acceptors (Lipinski definition) is 8. The molecule has 3 rings (SSSR count). The molecule has 1 saturated heterocycles. The molecule has 0 bridgehead atoms. The van der Waals surface area contributed by atoms with Gasteiger partial charge in [-0.2, -0.15) is 0 Å². The van der Waals surface area contributed by atoms with Gasteiger partial charge in [0.2, 0.25) is 12.5 Å². The van der Waals surface area contributed by atoms with Crippen molar-refractivity contribution >= 4 is 18.0 Å². The number of imide groups is 1. The van der Waals surface area contributed by atoms with Crippen LogP contribution in [0.4, 0.5) is 4.79 Å². The lowest BCUT2D eigenvalue weighted by molar-refractivity contribution is -0.152. The molecule has 28 heavy (non-hydrogen) atoms. The van der Waals surface area contributed by atoms with Gasteiger partial charge in [-0.3, -0.25) is 9.59 Å².